The summed E-state index contributed by atoms with van der Waals surface area (Å²) >= 11 is 6.84. The number of carbonyl (C=O) groups excluding carboxylic acids is 5. The third kappa shape index (κ3) is 30.2. The number of hydrogen-bond donors (Lipinski definition) is 2. The van der Waals surface area contributed by atoms with Crippen LogP contribution in [0.4, 0.5) is 65.9 Å². The number of alkyl halides is 16. The van der Waals surface area contributed by atoms with Crippen LogP contribution in [0, 0.1) is 45.9 Å². The highest BCUT2D eigenvalue weighted by molar-refractivity contribution is 9.10. The van der Waals surface area contributed by atoms with E-state index >= 15 is 0 Å². The van der Waals surface area contributed by atoms with Gasteiger partial charge in [0.25, 0.3) is 29.5 Å². The summed E-state index contributed by atoms with van der Waals surface area (Å²) in [6, 6.07) is 69.5. The molecule has 0 aromatic heterocycles. The molecule has 5 aliphatic heterocycles. The van der Waals surface area contributed by atoms with Gasteiger partial charge in [-0.05, 0) is 245 Å². The van der Waals surface area contributed by atoms with Crippen LogP contribution in [0.3, 0.4) is 0 Å². The third-order valence-electron chi connectivity index (χ3n) is 22.7. The lowest BCUT2D eigenvalue weighted by Gasteiger charge is -2.18. The number of nitrogens with two attached hydrogens (primary N) is 1. The lowest BCUT2D eigenvalue weighted by molar-refractivity contribution is -0.275. The van der Waals surface area contributed by atoms with Crippen LogP contribution in [0.5, 0.6) is 28.7 Å². The maximum Gasteiger partial charge on any atom is 0.573 e. The van der Waals surface area contributed by atoms with E-state index in [0.29, 0.717) is 93.3 Å². The average Bonchev–Trinajstić information content (AvgIpc) is 1.65. The summed E-state index contributed by atoms with van der Waals surface area (Å²) in [6.45, 7) is 16.2. The smallest absolute Gasteiger partial charge is 0.406 e. The van der Waals surface area contributed by atoms with Gasteiger partial charge in [-0.15, -0.1) is 65.9 Å². The van der Waals surface area contributed by atoms with Gasteiger partial charge in [-0.2, -0.15) is 5.26 Å². The Kier molecular flexibility index (Phi) is 34.7. The first kappa shape index (κ1) is 106. The molecule has 12 aromatic rings. The molecule has 0 saturated heterocycles. The molecule has 5 amide bonds. The Morgan fingerprint density at radius 2 is 0.596 bits per heavy atom. The number of hydrogen-bond acceptors (Lipinski definition) is 14. The van der Waals surface area contributed by atoms with Gasteiger partial charge in [-0.25, -0.2) is 0 Å². The van der Waals surface area contributed by atoms with E-state index < -0.39 is 31.8 Å². The van der Waals surface area contributed by atoms with Crippen LogP contribution < -0.4 is 34.7 Å². The number of aryl methyl sites for hydroxylation is 5. The Hall–Kier alpha value is -13.7. The molecule has 0 spiro atoms. The first-order chi connectivity index (χ1) is 66.6. The normalized spacial score (nSPS) is 13.5. The summed E-state index contributed by atoms with van der Waals surface area (Å²) in [7, 11) is 4.02. The minimum atomic E-state index is -4.73. The molecule has 0 saturated carbocycles. The molecule has 36 heteroatoms. The van der Waals surface area contributed by atoms with Gasteiger partial charge in [0.1, 0.15) is 28.7 Å². The van der Waals surface area contributed by atoms with Crippen LogP contribution in [0.1, 0.15) is 169 Å². The number of carbonyl (C=O) groups is 5. The molecular weight excluding hydrogens is 1990 g/mol. The van der Waals surface area contributed by atoms with Crippen LogP contribution in [-0.4, -0.2) is 105 Å². The van der Waals surface area contributed by atoms with Gasteiger partial charge in [-0.1, -0.05) is 190 Å². The van der Waals surface area contributed by atoms with E-state index in [1.807, 2.05) is 108 Å². The first-order valence-electron chi connectivity index (χ1n) is 43.7. The lowest BCUT2D eigenvalue weighted by atomic mass is 10.00. The Bertz CT molecular complexity index is 6360. The molecule has 0 atom stereocenters. The molecule has 19 nitrogen and oxygen atoms in total. The van der Waals surface area contributed by atoms with Gasteiger partial charge in [0.05, 0.1) is 11.6 Å². The molecule has 0 bridgehead atoms. The van der Waals surface area contributed by atoms with Gasteiger partial charge >= 0.3 is 31.8 Å². The Balaban J connectivity index is 0.000000155. The molecule has 17 rings (SSSR count). The highest BCUT2D eigenvalue weighted by Crippen LogP contribution is 2.39. The van der Waals surface area contributed by atoms with E-state index in [0.717, 1.165) is 135 Å². The van der Waals surface area contributed by atoms with Crippen LogP contribution in [-0.2, 0) is 97.0 Å². The number of amides is 5. The number of nitrogens with one attached hydrogen (secondary N) is 1. The predicted molar refractivity (Wildman–Crippen MR) is 503 cm³/mol. The summed E-state index contributed by atoms with van der Waals surface area (Å²) in [5.41, 5.74) is 28.1. The van der Waals surface area contributed by atoms with E-state index in [1.54, 1.807) is 55.7 Å². The van der Waals surface area contributed by atoms with Gasteiger partial charge in [0, 0.05) is 129 Å². The van der Waals surface area contributed by atoms with Gasteiger partial charge in [0.15, 0.2) is 0 Å². The molecule has 0 fully saturated rings. The van der Waals surface area contributed by atoms with Crippen molar-refractivity contribution < 1.29 is 114 Å². The number of benzene rings is 12. The summed E-state index contributed by atoms with van der Waals surface area (Å²) in [4.78, 5) is 73.8. The molecular formula is C105H94Br2F15N9O10. The number of fused-ring (bicyclic) bond motifs is 5. The van der Waals surface area contributed by atoms with Gasteiger partial charge < -0.3 is 59.2 Å². The van der Waals surface area contributed by atoms with E-state index in [9.17, 15) is 89.8 Å². The number of nitriles is 1. The molecule has 0 aliphatic carbocycles. The fourth-order valence-electron chi connectivity index (χ4n) is 17.0. The Labute approximate surface area is 820 Å². The Morgan fingerprint density at radius 1 is 0.340 bits per heavy atom. The maximum atomic E-state index is 13.0. The topological polar surface area (TPSA) is 213 Å². The number of ether oxygens (including phenoxy) is 5. The largest absolute Gasteiger partial charge is 0.573 e. The van der Waals surface area contributed by atoms with Crippen molar-refractivity contribution >= 4 is 61.4 Å². The molecule has 5 heterocycles. The standard InChI is InChI=1S/C26H25F3N2O2.C18H15BrF3NO2.C18H17F3N2O2.C18H13F3N2O2.C17H13BrF3NO2.C8H11N/c1-18-12-21(15-30(2)14-19-6-4-3-5-7-19)13-22-17-31(25(32)24(18)22)16-20-8-10-23(11-9-20)33-26(27,28)29;1-11-6-13(8-19)7-14-10-23(17(24)16(11)14)9-12-2-4-15(5-3-12)25-18(20,21)22;2*1-11-6-13(8-22)7-14-10-23(17(24)16(11)14)9-12-2-4-15(5-3-12)25-18(19,20)21;1-10-6-13(18)7-12-9-22(16(23)15(10)12)8-11-2-4-14(5-3-11)24-17(19,20)21;1-9-7-8-5-3-2-4-6-8/h3-13H,14-17H2,1-2H3;2-7H,8-10H2,1H3;2-7H,8-10,22H2,1H3;2-7H,9-10H2,1H3;2-7H,8-9H2,1H3;2-6,9H,7H2,1H3. The van der Waals surface area contributed by atoms with E-state index in [-0.39, 0.29) is 64.8 Å². The zero-order valence-electron chi connectivity index (χ0n) is 76.9. The number of nitrogens with zero attached hydrogens (tertiary/aromatic N) is 7. The lowest BCUT2D eigenvalue weighted by Crippen LogP contribution is -2.23. The van der Waals surface area contributed by atoms with Gasteiger partial charge in [-0.3, -0.25) is 28.9 Å². The minimum Gasteiger partial charge on any atom is -0.406 e. The van der Waals surface area contributed by atoms with Crippen LogP contribution in [0.2, 0.25) is 0 Å². The van der Waals surface area contributed by atoms with E-state index in [1.165, 1.54) is 120 Å². The molecule has 3 N–H and O–H groups in total. The molecule has 738 valence electrons. The quantitative estimate of drug-likeness (QED) is 0.0450. The second-order valence-electron chi connectivity index (χ2n) is 33.8. The molecule has 0 radical (unpaired) electrons. The highest BCUT2D eigenvalue weighted by atomic mass is 79.9. The monoisotopic (exact) mass is 2080 g/mol. The first-order valence-corrected chi connectivity index (χ1v) is 45.6. The van der Waals surface area contributed by atoms with Crippen molar-refractivity contribution in [2.45, 2.75) is 163 Å². The maximum absolute atomic E-state index is 13.0. The van der Waals surface area contributed by atoms with Crippen molar-refractivity contribution in [2.75, 3.05) is 14.1 Å². The van der Waals surface area contributed by atoms with Crippen molar-refractivity contribution in [1.29, 1.82) is 5.26 Å². The number of rotatable bonds is 23. The fourth-order valence-corrected chi connectivity index (χ4v) is 17.9. The van der Waals surface area contributed by atoms with Crippen LogP contribution in [0.15, 0.2) is 247 Å². The highest BCUT2D eigenvalue weighted by Gasteiger charge is 2.39. The van der Waals surface area contributed by atoms with Crippen LogP contribution in [0.25, 0.3) is 0 Å². The molecule has 12 aromatic carbocycles. The van der Waals surface area contributed by atoms with Crippen molar-refractivity contribution in [3.63, 3.8) is 0 Å². The summed E-state index contributed by atoms with van der Waals surface area (Å²) in [5, 5.41) is 12.8. The second-order valence-corrected chi connectivity index (χ2v) is 35.3. The fraction of sp³-hybridized carbons (Fsp3) is 0.257. The van der Waals surface area contributed by atoms with Crippen molar-refractivity contribution in [3.05, 3.63) is 392 Å². The molecule has 0 unspecified atom stereocenters. The van der Waals surface area contributed by atoms with E-state index in [4.69, 9.17) is 11.0 Å². The summed E-state index contributed by atoms with van der Waals surface area (Å²) in [5.74, 6) is -1.80. The minimum absolute atomic E-state index is 0.0516. The second kappa shape index (κ2) is 46.1. The number of halogens is 17. The van der Waals surface area contributed by atoms with Crippen molar-refractivity contribution in [1.82, 2.24) is 34.7 Å². The van der Waals surface area contributed by atoms with E-state index in [2.05, 4.69) is 115 Å². The zero-order valence-corrected chi connectivity index (χ0v) is 80.1. The van der Waals surface area contributed by atoms with Crippen molar-refractivity contribution in [2.24, 2.45) is 5.73 Å². The van der Waals surface area contributed by atoms with Gasteiger partial charge in [0.2, 0.25) is 0 Å². The Morgan fingerprint density at radius 3 is 0.887 bits per heavy atom. The van der Waals surface area contributed by atoms with Crippen LogP contribution >= 0.6 is 31.9 Å². The van der Waals surface area contributed by atoms with Crippen molar-refractivity contribution in [3.8, 4) is 34.8 Å². The summed E-state index contributed by atoms with van der Waals surface area (Å²) < 4.78 is 203. The molecule has 5 aliphatic rings. The predicted octanol–water partition coefficient (Wildman–Crippen LogP) is 24.3. The SMILES string of the molecule is CNCc1ccccc1.Cc1cc(Br)cc2c1C(=O)N(Cc1ccc(OC(F)(F)F)cc1)C2.Cc1cc(C#N)cc2c1C(=O)N(Cc1ccc(OC(F)(F)F)cc1)C2.Cc1cc(CBr)cc2c1C(=O)N(Cc1ccc(OC(F)(F)F)cc1)C2.Cc1cc(CN(C)Cc2ccccc2)cc2c1C(=O)N(Cc1ccc(OC(F)(F)F)cc1)C2.Cc1cc(CN)cc2c1C(=O)N(Cc1ccc(OC(F)(F)F)cc1)C2. The third-order valence-corrected chi connectivity index (χ3v) is 23.8. The zero-order chi connectivity index (χ0) is 102. The summed E-state index contributed by atoms with van der Waals surface area (Å²) in [6.07, 6.45) is -23.6. The molecule has 141 heavy (non-hydrogen) atoms. The average molecular weight is 2090 g/mol.